The predicted molar refractivity (Wildman–Crippen MR) is 71.7 cm³/mol. The van der Waals surface area contributed by atoms with Crippen LogP contribution in [-0.2, 0) is 5.60 Å². The van der Waals surface area contributed by atoms with Gasteiger partial charge in [0.2, 0.25) is 0 Å². The Balaban J connectivity index is 2.28. The summed E-state index contributed by atoms with van der Waals surface area (Å²) in [6, 6.07) is 3.79. The van der Waals surface area contributed by atoms with Gasteiger partial charge >= 0.3 is 0 Å². The molecule has 2 rings (SSSR count). The van der Waals surface area contributed by atoms with Crippen molar-refractivity contribution in [3.8, 4) is 0 Å². The third-order valence-corrected chi connectivity index (χ3v) is 4.46. The molecule has 0 spiro atoms. The molecule has 1 aromatic rings. The zero-order valence-electron chi connectivity index (χ0n) is 11.6. The number of halogens is 2. The van der Waals surface area contributed by atoms with Gasteiger partial charge in [-0.1, -0.05) is 26.3 Å². The molecule has 1 saturated carbocycles. The van der Waals surface area contributed by atoms with Gasteiger partial charge in [0.05, 0.1) is 11.2 Å². The fourth-order valence-electron chi connectivity index (χ4n) is 3.21. The average Bonchev–Trinajstić information content (AvgIpc) is 2.51. The lowest BCUT2D eigenvalue weighted by molar-refractivity contribution is 0.0121. The van der Waals surface area contributed by atoms with E-state index in [0.29, 0.717) is 24.7 Å². The minimum absolute atomic E-state index is 0.139. The first-order valence-electron chi connectivity index (χ1n) is 7.11. The van der Waals surface area contributed by atoms with E-state index in [2.05, 4.69) is 13.8 Å². The van der Waals surface area contributed by atoms with Crippen LogP contribution in [0.5, 0.6) is 0 Å². The molecule has 1 aromatic carbocycles. The van der Waals surface area contributed by atoms with Crippen LogP contribution in [0, 0.1) is 23.5 Å². The van der Waals surface area contributed by atoms with Gasteiger partial charge in [0.1, 0.15) is 11.6 Å². The van der Waals surface area contributed by atoms with Gasteiger partial charge in [-0.05, 0) is 49.7 Å². The summed E-state index contributed by atoms with van der Waals surface area (Å²) in [7, 11) is 0. The standard InChI is InChI=1S/C16H22F2O/c1-11(2)12-5-4-9-16(19,10-8-12)15-13(17)6-3-7-14(15)18/h3,6-7,11-12,19H,4-5,8-10H2,1-2H3. The summed E-state index contributed by atoms with van der Waals surface area (Å²) in [6.45, 7) is 4.33. The molecular weight excluding hydrogens is 246 g/mol. The Morgan fingerprint density at radius 1 is 1.16 bits per heavy atom. The van der Waals surface area contributed by atoms with Crippen molar-refractivity contribution < 1.29 is 13.9 Å². The van der Waals surface area contributed by atoms with Crippen molar-refractivity contribution >= 4 is 0 Å². The van der Waals surface area contributed by atoms with Crippen LogP contribution < -0.4 is 0 Å². The van der Waals surface area contributed by atoms with Crippen LogP contribution in [0.3, 0.4) is 0 Å². The summed E-state index contributed by atoms with van der Waals surface area (Å²) >= 11 is 0. The van der Waals surface area contributed by atoms with E-state index in [4.69, 9.17) is 0 Å². The molecule has 1 aliphatic carbocycles. The van der Waals surface area contributed by atoms with Crippen LogP contribution in [-0.4, -0.2) is 5.11 Å². The monoisotopic (exact) mass is 268 g/mol. The van der Waals surface area contributed by atoms with Crippen LogP contribution in [0.1, 0.15) is 51.5 Å². The first-order chi connectivity index (χ1) is 8.94. The molecule has 0 radical (unpaired) electrons. The first-order valence-corrected chi connectivity index (χ1v) is 7.11. The van der Waals surface area contributed by atoms with E-state index in [9.17, 15) is 13.9 Å². The number of hydrogen-bond donors (Lipinski definition) is 1. The molecule has 0 aromatic heterocycles. The lowest BCUT2D eigenvalue weighted by atomic mass is 9.84. The maximum absolute atomic E-state index is 13.9. The zero-order chi connectivity index (χ0) is 14.0. The molecule has 0 bridgehead atoms. The van der Waals surface area contributed by atoms with E-state index in [1.807, 2.05) is 0 Å². The molecule has 0 amide bonds. The highest BCUT2D eigenvalue weighted by atomic mass is 19.1. The SMILES string of the molecule is CC(C)C1CCCC(O)(c2c(F)cccc2F)CC1. The summed E-state index contributed by atoms with van der Waals surface area (Å²) in [5.41, 5.74) is -1.49. The van der Waals surface area contributed by atoms with Crippen molar-refractivity contribution in [3.05, 3.63) is 35.4 Å². The summed E-state index contributed by atoms with van der Waals surface area (Å²) in [5, 5.41) is 10.7. The molecule has 0 aliphatic heterocycles. The quantitative estimate of drug-likeness (QED) is 0.789. The Kier molecular flexibility index (Phi) is 4.24. The molecule has 2 unspecified atom stereocenters. The van der Waals surface area contributed by atoms with E-state index in [0.717, 1.165) is 19.3 Å². The summed E-state index contributed by atoms with van der Waals surface area (Å²) < 4.78 is 27.7. The third-order valence-electron chi connectivity index (χ3n) is 4.46. The van der Waals surface area contributed by atoms with Gasteiger partial charge in [-0.2, -0.15) is 0 Å². The lowest BCUT2D eigenvalue weighted by Crippen LogP contribution is -2.28. The molecule has 2 atom stereocenters. The Hall–Kier alpha value is -0.960. The molecule has 106 valence electrons. The fraction of sp³-hybridized carbons (Fsp3) is 0.625. The van der Waals surface area contributed by atoms with Crippen molar-refractivity contribution in [2.45, 2.75) is 51.6 Å². The minimum atomic E-state index is -1.35. The van der Waals surface area contributed by atoms with E-state index in [1.165, 1.54) is 18.2 Å². The normalized spacial score (nSPS) is 28.4. The maximum Gasteiger partial charge on any atom is 0.132 e. The Labute approximate surface area is 113 Å². The number of aliphatic hydroxyl groups is 1. The van der Waals surface area contributed by atoms with Gasteiger partial charge < -0.3 is 5.11 Å². The van der Waals surface area contributed by atoms with Crippen molar-refractivity contribution in [1.82, 2.24) is 0 Å². The number of benzene rings is 1. The molecule has 0 heterocycles. The van der Waals surface area contributed by atoms with Gasteiger partial charge in [0.15, 0.2) is 0 Å². The van der Waals surface area contributed by atoms with Crippen LogP contribution in [0.25, 0.3) is 0 Å². The second-order valence-corrected chi connectivity index (χ2v) is 6.06. The first kappa shape index (κ1) is 14.4. The molecule has 1 N–H and O–H groups in total. The number of hydrogen-bond acceptors (Lipinski definition) is 1. The predicted octanol–water partition coefficient (Wildman–Crippen LogP) is 4.39. The Bertz CT molecular complexity index is 424. The average molecular weight is 268 g/mol. The van der Waals surface area contributed by atoms with Crippen molar-refractivity contribution in [2.75, 3.05) is 0 Å². The second-order valence-electron chi connectivity index (χ2n) is 6.06. The maximum atomic E-state index is 13.9. The fourth-order valence-corrected chi connectivity index (χ4v) is 3.21. The Morgan fingerprint density at radius 3 is 2.37 bits per heavy atom. The topological polar surface area (TPSA) is 20.2 Å². The molecule has 1 nitrogen and oxygen atoms in total. The van der Waals surface area contributed by atoms with Crippen LogP contribution in [0.4, 0.5) is 8.78 Å². The summed E-state index contributed by atoms with van der Waals surface area (Å²) in [4.78, 5) is 0. The summed E-state index contributed by atoms with van der Waals surface area (Å²) in [5.74, 6) is -0.187. The van der Waals surface area contributed by atoms with E-state index in [-0.39, 0.29) is 5.56 Å². The Morgan fingerprint density at radius 2 is 1.79 bits per heavy atom. The highest BCUT2D eigenvalue weighted by Crippen LogP contribution is 2.41. The van der Waals surface area contributed by atoms with Crippen molar-refractivity contribution in [2.24, 2.45) is 11.8 Å². The van der Waals surface area contributed by atoms with Gasteiger partial charge in [-0.25, -0.2) is 8.78 Å². The van der Waals surface area contributed by atoms with Gasteiger partial charge in [0, 0.05) is 0 Å². The minimum Gasteiger partial charge on any atom is -0.385 e. The van der Waals surface area contributed by atoms with Crippen LogP contribution in [0.2, 0.25) is 0 Å². The zero-order valence-corrected chi connectivity index (χ0v) is 11.6. The molecule has 1 aliphatic rings. The second kappa shape index (κ2) is 5.58. The van der Waals surface area contributed by atoms with Gasteiger partial charge in [-0.3, -0.25) is 0 Å². The molecule has 0 saturated heterocycles. The van der Waals surface area contributed by atoms with Crippen molar-refractivity contribution in [1.29, 1.82) is 0 Å². The van der Waals surface area contributed by atoms with E-state index < -0.39 is 17.2 Å². The smallest absolute Gasteiger partial charge is 0.132 e. The van der Waals surface area contributed by atoms with Crippen molar-refractivity contribution in [3.63, 3.8) is 0 Å². The van der Waals surface area contributed by atoms with Gasteiger partial charge in [0.25, 0.3) is 0 Å². The molecule has 1 fully saturated rings. The molecule has 19 heavy (non-hydrogen) atoms. The molecular formula is C16H22F2O. The largest absolute Gasteiger partial charge is 0.385 e. The number of rotatable bonds is 2. The van der Waals surface area contributed by atoms with Crippen LogP contribution in [0.15, 0.2) is 18.2 Å². The van der Waals surface area contributed by atoms with E-state index >= 15 is 0 Å². The highest BCUT2D eigenvalue weighted by molar-refractivity contribution is 5.26. The van der Waals surface area contributed by atoms with Crippen LogP contribution >= 0.6 is 0 Å². The van der Waals surface area contributed by atoms with E-state index in [1.54, 1.807) is 0 Å². The molecule has 3 heteroatoms. The lowest BCUT2D eigenvalue weighted by Gasteiger charge is -2.28. The third kappa shape index (κ3) is 2.97. The highest BCUT2D eigenvalue weighted by Gasteiger charge is 2.37. The summed E-state index contributed by atoms with van der Waals surface area (Å²) in [6.07, 6.45) is 3.53. The van der Waals surface area contributed by atoms with Gasteiger partial charge in [-0.15, -0.1) is 0 Å².